The molecule has 1 N–H and O–H groups in total. The minimum Gasteiger partial charge on any atom is -0.393 e. The second-order valence-electron chi connectivity index (χ2n) is 4.45. The summed E-state index contributed by atoms with van der Waals surface area (Å²) in [6.45, 7) is 5.36. The monoisotopic (exact) mass is 200 g/mol. The van der Waals surface area contributed by atoms with Gasteiger partial charge in [0.15, 0.2) is 0 Å². The molecule has 0 heterocycles. The Morgan fingerprint density at radius 1 is 1.14 bits per heavy atom. The highest BCUT2D eigenvalue weighted by molar-refractivity contribution is 4.71. The van der Waals surface area contributed by atoms with Gasteiger partial charge < -0.3 is 9.84 Å². The molecule has 1 rings (SSSR count). The van der Waals surface area contributed by atoms with Crippen LogP contribution < -0.4 is 0 Å². The van der Waals surface area contributed by atoms with Crippen molar-refractivity contribution >= 4 is 0 Å². The number of rotatable bonds is 5. The van der Waals surface area contributed by atoms with Gasteiger partial charge in [0.1, 0.15) is 0 Å². The van der Waals surface area contributed by atoms with Gasteiger partial charge in [-0.05, 0) is 31.6 Å². The molecule has 0 saturated heterocycles. The first-order valence-electron chi connectivity index (χ1n) is 6.05. The van der Waals surface area contributed by atoms with Crippen LogP contribution in [0.15, 0.2) is 0 Å². The summed E-state index contributed by atoms with van der Waals surface area (Å²) in [6.07, 6.45) is 6.71. The molecule has 2 nitrogen and oxygen atoms in total. The van der Waals surface area contributed by atoms with E-state index in [1.165, 1.54) is 12.8 Å². The van der Waals surface area contributed by atoms with Crippen molar-refractivity contribution in [2.24, 2.45) is 5.92 Å². The summed E-state index contributed by atoms with van der Waals surface area (Å²) in [5, 5.41) is 9.34. The predicted octanol–water partition coefficient (Wildman–Crippen LogP) is 2.74. The Bertz CT molecular complexity index is 135. The highest BCUT2D eigenvalue weighted by Crippen LogP contribution is 2.22. The Morgan fingerprint density at radius 3 is 2.21 bits per heavy atom. The van der Waals surface area contributed by atoms with Crippen LogP contribution >= 0.6 is 0 Å². The van der Waals surface area contributed by atoms with E-state index in [9.17, 15) is 5.11 Å². The van der Waals surface area contributed by atoms with Gasteiger partial charge in [-0.15, -0.1) is 0 Å². The van der Waals surface area contributed by atoms with E-state index in [2.05, 4.69) is 13.8 Å². The van der Waals surface area contributed by atoms with Gasteiger partial charge in [-0.25, -0.2) is 0 Å². The van der Waals surface area contributed by atoms with E-state index in [1.807, 2.05) is 0 Å². The molecule has 0 aliphatic heterocycles. The van der Waals surface area contributed by atoms with Crippen molar-refractivity contribution in [2.45, 2.75) is 64.6 Å². The first-order chi connectivity index (χ1) is 6.76. The Balaban J connectivity index is 2.12. The van der Waals surface area contributed by atoms with E-state index in [0.29, 0.717) is 6.10 Å². The minimum absolute atomic E-state index is 0.0667. The van der Waals surface area contributed by atoms with E-state index in [1.54, 1.807) is 0 Å². The zero-order valence-electron chi connectivity index (χ0n) is 9.54. The Morgan fingerprint density at radius 2 is 1.71 bits per heavy atom. The molecule has 2 heteroatoms. The van der Waals surface area contributed by atoms with Gasteiger partial charge in [-0.2, -0.15) is 0 Å². The van der Waals surface area contributed by atoms with Crippen molar-refractivity contribution in [1.82, 2.24) is 0 Å². The van der Waals surface area contributed by atoms with Gasteiger partial charge in [0.05, 0.1) is 12.2 Å². The van der Waals surface area contributed by atoms with Crippen LogP contribution in [0.25, 0.3) is 0 Å². The van der Waals surface area contributed by atoms with E-state index >= 15 is 0 Å². The van der Waals surface area contributed by atoms with Crippen LogP contribution in [0.3, 0.4) is 0 Å². The first-order valence-corrected chi connectivity index (χ1v) is 6.05. The Kier molecular flexibility index (Phi) is 5.49. The summed E-state index contributed by atoms with van der Waals surface area (Å²) in [4.78, 5) is 0. The van der Waals surface area contributed by atoms with Crippen LogP contribution in [0.2, 0.25) is 0 Å². The summed E-state index contributed by atoms with van der Waals surface area (Å²) in [6, 6.07) is 0. The average Bonchev–Trinajstić information content (AvgIpc) is 2.22. The number of hydrogen-bond acceptors (Lipinski definition) is 2. The average molecular weight is 200 g/mol. The standard InChI is InChI=1S/C12H24O2/c1-3-10(4-2)9-14-12-7-5-11(13)6-8-12/h10-13H,3-9H2,1-2H3. The van der Waals surface area contributed by atoms with Crippen LogP contribution in [-0.4, -0.2) is 23.9 Å². The quantitative estimate of drug-likeness (QED) is 0.739. The lowest BCUT2D eigenvalue weighted by molar-refractivity contribution is -0.0183. The van der Waals surface area contributed by atoms with Gasteiger partial charge >= 0.3 is 0 Å². The summed E-state index contributed by atoms with van der Waals surface area (Å²) < 4.78 is 5.86. The molecule has 0 amide bonds. The molecular weight excluding hydrogens is 176 g/mol. The first kappa shape index (κ1) is 12.0. The number of ether oxygens (including phenoxy) is 1. The van der Waals surface area contributed by atoms with Crippen molar-refractivity contribution in [3.8, 4) is 0 Å². The molecule has 0 radical (unpaired) electrons. The molecule has 1 fully saturated rings. The fourth-order valence-electron chi connectivity index (χ4n) is 2.01. The second kappa shape index (κ2) is 6.41. The van der Waals surface area contributed by atoms with Crippen LogP contribution in [0.4, 0.5) is 0 Å². The third-order valence-electron chi connectivity index (χ3n) is 3.37. The van der Waals surface area contributed by atoms with E-state index in [0.717, 1.165) is 38.2 Å². The molecule has 0 unspecified atom stereocenters. The third kappa shape index (κ3) is 3.97. The maximum atomic E-state index is 9.34. The lowest BCUT2D eigenvalue weighted by Crippen LogP contribution is -2.26. The van der Waals surface area contributed by atoms with Gasteiger partial charge in [0.25, 0.3) is 0 Å². The van der Waals surface area contributed by atoms with Crippen LogP contribution in [-0.2, 0) is 4.74 Å². The van der Waals surface area contributed by atoms with Crippen molar-refractivity contribution < 1.29 is 9.84 Å². The predicted molar refractivity (Wildman–Crippen MR) is 58.3 cm³/mol. The third-order valence-corrected chi connectivity index (χ3v) is 3.37. The van der Waals surface area contributed by atoms with E-state index in [4.69, 9.17) is 4.74 Å². The molecule has 1 aliphatic carbocycles. The maximum Gasteiger partial charge on any atom is 0.0577 e. The van der Waals surface area contributed by atoms with Crippen LogP contribution in [0, 0.1) is 5.92 Å². The molecule has 84 valence electrons. The van der Waals surface area contributed by atoms with Gasteiger partial charge in [-0.1, -0.05) is 26.7 Å². The molecule has 0 aromatic heterocycles. The second-order valence-corrected chi connectivity index (χ2v) is 4.45. The van der Waals surface area contributed by atoms with Gasteiger partial charge in [-0.3, -0.25) is 0 Å². The molecular formula is C12H24O2. The van der Waals surface area contributed by atoms with Crippen molar-refractivity contribution in [3.05, 3.63) is 0 Å². The fourth-order valence-corrected chi connectivity index (χ4v) is 2.01. The zero-order valence-corrected chi connectivity index (χ0v) is 9.54. The number of hydrogen-bond donors (Lipinski definition) is 1. The Labute approximate surface area is 87.7 Å². The number of aliphatic hydroxyl groups excluding tert-OH is 1. The van der Waals surface area contributed by atoms with Gasteiger partial charge in [0.2, 0.25) is 0 Å². The topological polar surface area (TPSA) is 29.5 Å². The summed E-state index contributed by atoms with van der Waals surface area (Å²) in [7, 11) is 0. The molecule has 14 heavy (non-hydrogen) atoms. The molecule has 1 saturated carbocycles. The normalized spacial score (nSPS) is 28.3. The van der Waals surface area contributed by atoms with Crippen LogP contribution in [0.5, 0.6) is 0 Å². The molecule has 0 bridgehead atoms. The summed E-state index contributed by atoms with van der Waals surface area (Å²) in [5.74, 6) is 0.724. The van der Waals surface area contributed by atoms with E-state index in [-0.39, 0.29) is 6.10 Å². The molecule has 0 aromatic rings. The highest BCUT2D eigenvalue weighted by Gasteiger charge is 2.20. The largest absolute Gasteiger partial charge is 0.393 e. The van der Waals surface area contributed by atoms with Crippen molar-refractivity contribution in [2.75, 3.05) is 6.61 Å². The molecule has 0 aromatic carbocycles. The maximum absolute atomic E-state index is 9.34. The summed E-state index contributed by atoms with van der Waals surface area (Å²) in [5.41, 5.74) is 0. The molecule has 0 spiro atoms. The number of aliphatic hydroxyl groups is 1. The summed E-state index contributed by atoms with van der Waals surface area (Å²) >= 11 is 0. The minimum atomic E-state index is -0.0667. The molecule has 0 atom stereocenters. The fraction of sp³-hybridized carbons (Fsp3) is 1.00. The van der Waals surface area contributed by atoms with E-state index < -0.39 is 0 Å². The van der Waals surface area contributed by atoms with Crippen molar-refractivity contribution in [1.29, 1.82) is 0 Å². The SMILES string of the molecule is CCC(CC)COC1CCC(O)CC1. The lowest BCUT2D eigenvalue weighted by atomic mass is 9.95. The highest BCUT2D eigenvalue weighted by atomic mass is 16.5. The Hall–Kier alpha value is -0.0800. The zero-order chi connectivity index (χ0) is 10.4. The van der Waals surface area contributed by atoms with Crippen molar-refractivity contribution in [3.63, 3.8) is 0 Å². The smallest absolute Gasteiger partial charge is 0.0577 e. The molecule has 1 aliphatic rings. The van der Waals surface area contributed by atoms with Gasteiger partial charge in [0, 0.05) is 6.61 Å². The lowest BCUT2D eigenvalue weighted by Gasteiger charge is -2.27. The van der Waals surface area contributed by atoms with Crippen LogP contribution in [0.1, 0.15) is 52.4 Å².